The molecule has 2 aliphatic rings. The Labute approximate surface area is 298 Å². The summed E-state index contributed by atoms with van der Waals surface area (Å²) in [6.07, 6.45) is 5.68. The van der Waals surface area contributed by atoms with E-state index in [4.69, 9.17) is 21.7 Å². The molecular weight excluding hydrogens is 701 g/mol. The van der Waals surface area contributed by atoms with Crippen molar-refractivity contribution in [3.63, 3.8) is 0 Å². The number of nitrogens with one attached hydrogen (secondary N) is 3. The molecule has 19 heteroatoms. The maximum Gasteiger partial charge on any atom is 0.350 e. The van der Waals surface area contributed by atoms with Gasteiger partial charge in [-0.3, -0.25) is 19.9 Å². The monoisotopic (exact) mass is 732 g/mol. The predicted molar refractivity (Wildman–Crippen MR) is 186 cm³/mol. The van der Waals surface area contributed by atoms with Gasteiger partial charge in [-0.15, -0.1) is 23.1 Å². The number of carbonyl (C=O) groups excluding carboxylic acids is 3. The minimum Gasteiger partial charge on any atom is -0.543 e. The van der Waals surface area contributed by atoms with Gasteiger partial charge in [0.1, 0.15) is 17.1 Å². The van der Waals surface area contributed by atoms with Gasteiger partial charge < -0.3 is 46.5 Å². The van der Waals surface area contributed by atoms with Gasteiger partial charge in [0.2, 0.25) is 5.60 Å². The number of guanidine groups is 1. The van der Waals surface area contributed by atoms with Crippen LogP contribution < -0.4 is 31.8 Å². The minimum absolute atomic E-state index is 0.00964. The Morgan fingerprint density at radius 2 is 1.98 bits per heavy atom. The Hall–Kier alpha value is -5.95. The highest BCUT2D eigenvalue weighted by Gasteiger charge is 2.53. The fourth-order valence-corrected chi connectivity index (χ4v) is 7.38. The van der Waals surface area contributed by atoms with Crippen LogP contribution in [0.5, 0.6) is 0 Å². The zero-order valence-electron chi connectivity index (χ0n) is 27.2. The summed E-state index contributed by atoms with van der Waals surface area (Å²) in [5, 5.41) is 40.0. The number of rotatable bonds is 12. The third kappa shape index (κ3) is 7.19. The van der Waals surface area contributed by atoms with Crippen molar-refractivity contribution in [2.75, 3.05) is 16.8 Å². The van der Waals surface area contributed by atoms with E-state index in [2.05, 4.69) is 25.3 Å². The summed E-state index contributed by atoms with van der Waals surface area (Å²) in [5.41, 5.74) is 11.9. The molecule has 51 heavy (non-hydrogen) atoms. The summed E-state index contributed by atoms with van der Waals surface area (Å²) in [4.78, 5) is 60.9. The van der Waals surface area contributed by atoms with Crippen LogP contribution >= 0.6 is 23.1 Å². The zero-order valence-corrected chi connectivity index (χ0v) is 28.8. The van der Waals surface area contributed by atoms with Gasteiger partial charge >= 0.3 is 5.97 Å². The number of nitrogen functional groups attached to an aromatic ring is 1. The van der Waals surface area contributed by atoms with Crippen LogP contribution in [0.1, 0.15) is 25.1 Å². The van der Waals surface area contributed by atoms with Crippen LogP contribution in [0.15, 0.2) is 76.8 Å². The first-order valence-corrected chi connectivity index (χ1v) is 17.2. The van der Waals surface area contributed by atoms with Gasteiger partial charge in [0, 0.05) is 41.2 Å². The van der Waals surface area contributed by atoms with E-state index in [9.17, 15) is 29.4 Å². The number of fused-ring (bicyclic) bond motifs is 2. The molecular formula is C32H32N10O7S2. The summed E-state index contributed by atoms with van der Waals surface area (Å²) >= 11 is 2.30. The van der Waals surface area contributed by atoms with Crippen molar-refractivity contribution < 1.29 is 38.8 Å². The Morgan fingerprint density at radius 1 is 1.24 bits per heavy atom. The molecule has 8 N–H and O–H groups in total. The number of β-lactam (4-membered cyclic amide) rings is 1. The molecule has 4 aromatic rings. The first-order valence-electron chi connectivity index (χ1n) is 15.3. The number of nitrogens with two attached hydrogens (primary N) is 2. The molecule has 0 saturated carbocycles. The largest absolute Gasteiger partial charge is 0.543 e. The molecule has 1 saturated heterocycles. The number of anilines is 2. The molecule has 2 amide bonds. The number of amides is 2. The maximum absolute atomic E-state index is 13.4. The number of hydrogen-bond donors (Lipinski definition) is 6. The molecule has 2 atom stereocenters. The second-order valence-corrected chi connectivity index (χ2v) is 14.1. The van der Waals surface area contributed by atoms with Crippen LogP contribution in [0.4, 0.5) is 10.8 Å². The van der Waals surface area contributed by atoms with E-state index in [0.717, 1.165) is 32.7 Å². The van der Waals surface area contributed by atoms with Crippen molar-refractivity contribution >= 4 is 80.2 Å². The van der Waals surface area contributed by atoms with E-state index in [1.54, 1.807) is 0 Å². The molecule has 0 bridgehead atoms. The molecule has 0 radical (unpaired) electrons. The second kappa shape index (κ2) is 13.8. The number of aromatic nitrogens is 3. The lowest BCUT2D eigenvalue weighted by Crippen LogP contribution is -2.71. The topological polar surface area (TPSA) is 258 Å². The van der Waals surface area contributed by atoms with E-state index in [1.807, 2.05) is 59.6 Å². The summed E-state index contributed by atoms with van der Waals surface area (Å²) in [7, 11) is 0. The van der Waals surface area contributed by atoms with Gasteiger partial charge in [0.05, 0.1) is 22.6 Å². The van der Waals surface area contributed by atoms with Crippen LogP contribution in [0.2, 0.25) is 0 Å². The van der Waals surface area contributed by atoms with E-state index < -0.39 is 46.5 Å². The first-order chi connectivity index (χ1) is 24.2. The number of carbonyl (C=O) groups is 4. The molecule has 0 unspecified atom stereocenters. The molecule has 1 fully saturated rings. The SMILES string of the molecule is CC(C)(O/N=C(\C(=O)N[C@@H]1C(=O)N2C(C(=O)[O-])=C(C[n+]3ccc4c(ccn4Cc4ccc(NC(=N)N)cc4)c3)CS[C@H]12)c1csc(N)n1)C(=O)O. The number of thiazole rings is 1. The number of nitrogens with zero attached hydrogens (tertiary/aromatic N) is 5. The number of hydrogen-bond acceptors (Lipinski definition) is 12. The fraction of sp³-hybridized carbons (Fsp3) is 0.250. The van der Waals surface area contributed by atoms with Gasteiger partial charge in [0.25, 0.3) is 11.8 Å². The third-order valence-corrected chi connectivity index (χ3v) is 10.1. The molecule has 5 heterocycles. The number of carboxylic acids is 2. The van der Waals surface area contributed by atoms with Crippen LogP contribution in [0.25, 0.3) is 10.9 Å². The summed E-state index contributed by atoms with van der Waals surface area (Å²) in [6.45, 7) is 3.26. The van der Waals surface area contributed by atoms with Gasteiger partial charge in [0.15, 0.2) is 35.7 Å². The third-order valence-electron chi connectivity index (χ3n) is 8.11. The highest BCUT2D eigenvalue weighted by atomic mass is 32.2. The Kier molecular flexibility index (Phi) is 9.41. The lowest BCUT2D eigenvalue weighted by molar-refractivity contribution is -0.687. The van der Waals surface area contributed by atoms with Crippen LogP contribution in [-0.2, 0) is 37.1 Å². The number of benzene rings is 1. The Morgan fingerprint density at radius 3 is 2.63 bits per heavy atom. The van der Waals surface area contributed by atoms with Gasteiger partial charge in [-0.1, -0.05) is 17.3 Å². The lowest BCUT2D eigenvalue weighted by atomic mass is 10.0. The number of thioether (sulfide) groups is 1. The summed E-state index contributed by atoms with van der Waals surface area (Å²) in [5.74, 6) is -4.30. The zero-order chi connectivity index (χ0) is 36.6. The second-order valence-electron chi connectivity index (χ2n) is 12.2. The van der Waals surface area contributed by atoms with Crippen molar-refractivity contribution in [1.29, 1.82) is 5.41 Å². The lowest BCUT2D eigenvalue weighted by Gasteiger charge is -2.50. The van der Waals surface area contributed by atoms with E-state index in [-0.39, 0.29) is 34.8 Å². The maximum atomic E-state index is 13.4. The van der Waals surface area contributed by atoms with E-state index >= 15 is 0 Å². The molecule has 2 aliphatic heterocycles. The Balaban J connectivity index is 1.17. The molecule has 0 spiro atoms. The molecule has 1 aromatic carbocycles. The smallest absolute Gasteiger partial charge is 0.350 e. The standard InChI is InChI=1S/C32H32N10O7S2/c1-32(2,29(47)48)49-39-22(20-15-51-31(35)37-20)25(43)38-23-26(44)42-24(28(45)46)18(14-50-27(23)42)13-40-9-8-21-17(12-40)7-10-41(21)11-16-3-5-19(6-4-16)36-30(33)34/h3-10,12,15,23,27H,11,13-14H2,1-2H3,(H8-,33,34,35,36,37,38,43,45,46,47,48)/b39-22-/t23-,27-/m1/s1. The van der Waals surface area contributed by atoms with Crippen LogP contribution in [0, 0.1) is 5.41 Å². The van der Waals surface area contributed by atoms with Gasteiger partial charge in [-0.25, -0.2) is 14.3 Å². The number of aliphatic carboxylic acids is 2. The normalized spacial score (nSPS) is 17.5. The average molecular weight is 733 g/mol. The van der Waals surface area contributed by atoms with Crippen molar-refractivity contribution in [3.05, 3.63) is 82.9 Å². The first kappa shape index (κ1) is 34.9. The van der Waals surface area contributed by atoms with E-state index in [0.29, 0.717) is 17.8 Å². The van der Waals surface area contributed by atoms with Gasteiger partial charge in [-0.2, -0.15) is 0 Å². The molecule has 17 nitrogen and oxygen atoms in total. The molecule has 264 valence electrons. The van der Waals surface area contributed by atoms with Crippen LogP contribution in [0.3, 0.4) is 0 Å². The van der Waals surface area contributed by atoms with Crippen molar-refractivity contribution in [2.24, 2.45) is 10.9 Å². The van der Waals surface area contributed by atoms with Crippen molar-refractivity contribution in [2.45, 2.75) is 44.0 Å². The summed E-state index contributed by atoms with van der Waals surface area (Å²) < 4.78 is 3.91. The molecule has 6 rings (SSSR count). The minimum atomic E-state index is -1.78. The van der Waals surface area contributed by atoms with Crippen molar-refractivity contribution in [1.82, 2.24) is 19.8 Å². The van der Waals surface area contributed by atoms with Crippen LogP contribution in [-0.4, -0.2) is 77.8 Å². The Bertz CT molecular complexity index is 2140. The van der Waals surface area contributed by atoms with E-state index in [1.165, 1.54) is 31.0 Å². The highest BCUT2D eigenvalue weighted by Crippen LogP contribution is 2.40. The van der Waals surface area contributed by atoms with Gasteiger partial charge in [-0.05, 0) is 37.6 Å². The predicted octanol–water partition coefficient (Wildman–Crippen LogP) is 0.00917. The average Bonchev–Trinajstić information content (AvgIpc) is 3.69. The number of carboxylic acid groups (broad SMARTS) is 2. The number of pyridine rings is 1. The highest BCUT2D eigenvalue weighted by molar-refractivity contribution is 8.00. The molecule has 3 aromatic heterocycles. The molecule has 0 aliphatic carbocycles. The summed E-state index contributed by atoms with van der Waals surface area (Å²) in [6, 6.07) is 10.3. The number of oxime groups is 1. The quantitative estimate of drug-likeness (QED) is 0.0370. The van der Waals surface area contributed by atoms with Crippen molar-refractivity contribution in [3.8, 4) is 0 Å². The fourth-order valence-electron chi connectivity index (χ4n) is 5.50.